The molecule has 0 heterocycles. The largest absolute Gasteiger partial charge is 0.324 e. The molecule has 17 heavy (non-hydrogen) atoms. The molecule has 0 saturated carbocycles. The highest BCUT2D eigenvalue weighted by molar-refractivity contribution is 6.31. The van der Waals surface area contributed by atoms with Crippen molar-refractivity contribution in [2.45, 2.75) is 18.9 Å². The zero-order valence-electron chi connectivity index (χ0n) is 9.20. The van der Waals surface area contributed by atoms with Crippen LogP contribution in [0.2, 0.25) is 5.02 Å². The minimum absolute atomic E-state index is 0.0346. The molecule has 1 aliphatic carbocycles. The molecule has 0 saturated heterocycles. The molecule has 1 aliphatic rings. The van der Waals surface area contributed by atoms with Gasteiger partial charge < -0.3 is 5.73 Å². The van der Waals surface area contributed by atoms with Crippen LogP contribution in [0.5, 0.6) is 0 Å². The smallest absolute Gasteiger partial charge is 0.144 e. The summed E-state index contributed by atoms with van der Waals surface area (Å²) in [6.45, 7) is 0. The molecule has 90 valence electrons. The third kappa shape index (κ3) is 2.93. The summed E-state index contributed by atoms with van der Waals surface area (Å²) in [5.41, 5.74) is 6.35. The minimum atomic E-state index is -0.394. The van der Waals surface area contributed by atoms with E-state index >= 15 is 0 Å². The number of nitrogens with two attached hydrogens (primary N) is 1. The highest BCUT2D eigenvalue weighted by Crippen LogP contribution is 2.23. The Morgan fingerprint density at radius 3 is 2.82 bits per heavy atom. The molecule has 4 heteroatoms. The number of hydrogen-bond donors (Lipinski definition) is 1. The zero-order chi connectivity index (χ0) is 12.4. The summed E-state index contributed by atoms with van der Waals surface area (Å²) in [5, 5.41) is 0.296. The maximum Gasteiger partial charge on any atom is 0.144 e. The first-order valence-corrected chi connectivity index (χ1v) is 5.84. The van der Waals surface area contributed by atoms with Crippen molar-refractivity contribution in [2.24, 2.45) is 11.7 Å². The number of carbonyl (C=O) groups excluding carboxylic acids is 1. The predicted molar refractivity (Wildman–Crippen MR) is 65.3 cm³/mol. The number of allylic oxidation sites excluding steroid dienone is 1. The van der Waals surface area contributed by atoms with Crippen molar-refractivity contribution in [3.05, 3.63) is 46.8 Å². The van der Waals surface area contributed by atoms with Crippen LogP contribution in [0.1, 0.15) is 12.0 Å². The molecule has 0 fully saturated rings. The van der Waals surface area contributed by atoms with Gasteiger partial charge in [-0.3, -0.25) is 4.79 Å². The lowest BCUT2D eigenvalue weighted by atomic mass is 9.97. The maximum absolute atomic E-state index is 12.8. The standard InChI is InChI=1S/C13H13ClFNO/c14-12-7-10(15)3-1-8(12)6-13(17)9-2-4-11(16)5-9/h1-4,7,9,11H,5-6,16H2. The SMILES string of the molecule is NC1C=CC(C(=O)Cc2ccc(F)cc2Cl)C1. The first-order chi connectivity index (χ1) is 8.06. The van der Waals surface area contributed by atoms with Crippen LogP contribution in [0.4, 0.5) is 4.39 Å². The van der Waals surface area contributed by atoms with Crippen LogP contribution >= 0.6 is 11.6 Å². The fourth-order valence-corrected chi connectivity index (χ4v) is 2.18. The molecule has 0 aromatic heterocycles. The van der Waals surface area contributed by atoms with Gasteiger partial charge in [0.2, 0.25) is 0 Å². The Bertz CT molecular complexity index is 472. The molecule has 0 bridgehead atoms. The van der Waals surface area contributed by atoms with Crippen LogP contribution in [0, 0.1) is 11.7 Å². The lowest BCUT2D eigenvalue weighted by Gasteiger charge is -2.09. The molecule has 2 atom stereocenters. The first-order valence-electron chi connectivity index (χ1n) is 5.47. The van der Waals surface area contributed by atoms with Crippen LogP contribution in [0.3, 0.4) is 0 Å². The van der Waals surface area contributed by atoms with E-state index in [1.807, 2.05) is 12.2 Å². The Morgan fingerprint density at radius 2 is 2.24 bits per heavy atom. The molecule has 1 aromatic rings. The lowest BCUT2D eigenvalue weighted by Crippen LogP contribution is -2.20. The van der Waals surface area contributed by atoms with E-state index in [0.29, 0.717) is 17.0 Å². The third-order valence-electron chi connectivity index (χ3n) is 2.91. The van der Waals surface area contributed by atoms with Gasteiger partial charge in [0.25, 0.3) is 0 Å². The summed E-state index contributed by atoms with van der Waals surface area (Å²) in [5.74, 6) is -0.456. The number of rotatable bonds is 3. The summed E-state index contributed by atoms with van der Waals surface area (Å²) in [6.07, 6.45) is 4.55. The molecular weight excluding hydrogens is 241 g/mol. The molecule has 2 nitrogen and oxygen atoms in total. The topological polar surface area (TPSA) is 43.1 Å². The molecule has 0 aliphatic heterocycles. The number of halogens is 2. The molecule has 0 radical (unpaired) electrons. The zero-order valence-corrected chi connectivity index (χ0v) is 9.95. The van der Waals surface area contributed by atoms with E-state index in [1.165, 1.54) is 12.1 Å². The average molecular weight is 254 g/mol. The van der Waals surface area contributed by atoms with Crippen LogP contribution in [0.15, 0.2) is 30.4 Å². The maximum atomic E-state index is 12.8. The van der Waals surface area contributed by atoms with Crippen molar-refractivity contribution in [3.63, 3.8) is 0 Å². The predicted octanol–water partition coefficient (Wildman–Crippen LogP) is 2.49. The monoisotopic (exact) mass is 253 g/mol. The van der Waals surface area contributed by atoms with Crippen molar-refractivity contribution >= 4 is 17.4 Å². The highest BCUT2D eigenvalue weighted by Gasteiger charge is 2.23. The van der Waals surface area contributed by atoms with E-state index in [0.717, 1.165) is 0 Å². The Kier molecular flexibility index (Phi) is 3.60. The van der Waals surface area contributed by atoms with Crippen LogP contribution in [-0.4, -0.2) is 11.8 Å². The second-order valence-electron chi connectivity index (χ2n) is 4.27. The Balaban J connectivity index is 2.06. The fraction of sp³-hybridized carbons (Fsp3) is 0.308. The van der Waals surface area contributed by atoms with Gasteiger partial charge >= 0.3 is 0 Å². The third-order valence-corrected chi connectivity index (χ3v) is 3.26. The number of carbonyl (C=O) groups is 1. The van der Waals surface area contributed by atoms with Gasteiger partial charge in [-0.05, 0) is 24.1 Å². The van der Waals surface area contributed by atoms with Gasteiger partial charge in [0, 0.05) is 23.4 Å². The summed E-state index contributed by atoms with van der Waals surface area (Å²) in [7, 11) is 0. The summed E-state index contributed by atoms with van der Waals surface area (Å²) >= 11 is 5.87. The van der Waals surface area contributed by atoms with Crippen molar-refractivity contribution in [3.8, 4) is 0 Å². The van der Waals surface area contributed by atoms with Gasteiger partial charge in [-0.1, -0.05) is 29.8 Å². The highest BCUT2D eigenvalue weighted by atomic mass is 35.5. The fourth-order valence-electron chi connectivity index (χ4n) is 1.95. The van der Waals surface area contributed by atoms with Crippen molar-refractivity contribution in [2.75, 3.05) is 0 Å². The Hall–Kier alpha value is -1.19. The second kappa shape index (κ2) is 4.98. The van der Waals surface area contributed by atoms with Gasteiger partial charge in [-0.2, -0.15) is 0 Å². The lowest BCUT2D eigenvalue weighted by molar-refractivity contribution is -0.120. The Morgan fingerprint density at radius 1 is 1.47 bits per heavy atom. The van der Waals surface area contributed by atoms with E-state index < -0.39 is 5.82 Å². The summed E-state index contributed by atoms with van der Waals surface area (Å²) in [4.78, 5) is 11.9. The minimum Gasteiger partial charge on any atom is -0.324 e. The quantitative estimate of drug-likeness (QED) is 0.841. The first kappa shape index (κ1) is 12.3. The van der Waals surface area contributed by atoms with Gasteiger partial charge in [-0.15, -0.1) is 0 Å². The van der Waals surface area contributed by atoms with E-state index in [9.17, 15) is 9.18 Å². The normalized spacial score (nSPS) is 23.0. The van der Waals surface area contributed by atoms with E-state index in [-0.39, 0.29) is 24.2 Å². The average Bonchev–Trinajstić information content (AvgIpc) is 2.69. The molecule has 1 aromatic carbocycles. The van der Waals surface area contributed by atoms with Gasteiger partial charge in [0.05, 0.1) is 0 Å². The number of hydrogen-bond acceptors (Lipinski definition) is 2. The van der Waals surface area contributed by atoms with Gasteiger partial charge in [0.1, 0.15) is 11.6 Å². The molecule has 0 amide bonds. The summed E-state index contributed by atoms with van der Waals surface area (Å²) < 4.78 is 12.8. The van der Waals surface area contributed by atoms with E-state index in [4.69, 9.17) is 17.3 Å². The van der Waals surface area contributed by atoms with Crippen LogP contribution in [-0.2, 0) is 11.2 Å². The van der Waals surface area contributed by atoms with Crippen LogP contribution < -0.4 is 5.73 Å². The molecule has 2 rings (SSSR count). The van der Waals surface area contributed by atoms with Crippen molar-refractivity contribution in [1.82, 2.24) is 0 Å². The van der Waals surface area contributed by atoms with Gasteiger partial charge in [-0.25, -0.2) is 4.39 Å². The second-order valence-corrected chi connectivity index (χ2v) is 4.68. The van der Waals surface area contributed by atoms with Gasteiger partial charge in [0.15, 0.2) is 0 Å². The number of benzene rings is 1. The van der Waals surface area contributed by atoms with Crippen molar-refractivity contribution < 1.29 is 9.18 Å². The van der Waals surface area contributed by atoms with Crippen LogP contribution in [0.25, 0.3) is 0 Å². The molecule has 2 unspecified atom stereocenters. The molecule has 2 N–H and O–H groups in total. The van der Waals surface area contributed by atoms with E-state index in [2.05, 4.69) is 0 Å². The molecule has 0 spiro atoms. The van der Waals surface area contributed by atoms with E-state index in [1.54, 1.807) is 6.07 Å². The number of ketones is 1. The molecular formula is C13H13ClFNO. The summed E-state index contributed by atoms with van der Waals surface area (Å²) in [6, 6.07) is 4.05. The van der Waals surface area contributed by atoms with Crippen molar-refractivity contribution in [1.29, 1.82) is 0 Å². The Labute approximate surface area is 104 Å². The number of Topliss-reactive ketones (excluding diaryl/α,β-unsaturated/α-hetero) is 1.